The average molecular weight is 724 g/mol. The van der Waals surface area contributed by atoms with Gasteiger partial charge in [-0.05, 0) is 31.0 Å². The topological polar surface area (TPSA) is 294 Å². The number of anilines is 1. The standard InChI is InChI=1S/C29H37N7O13S/c1-14-7-15(2)21(16(8-14)49-28(43)34-19(46-13-37)5-6-20(39)40)29(3,4)9-18(38)35-50(44,45)47-10-17-23(41)24(42)27(48-17)36-12-33-22-25(30)31-11-32-26(22)36/h7-8,11-13,17,19,23-24,27,41-42H,5-6,9-10H2,1-4H3,(H,34,43)(H,35,38)(H,39,40)(H2,30,31,32)/t17-,19-,23-,24-,27-/m1/s1. The van der Waals surface area contributed by atoms with E-state index >= 15 is 0 Å². The summed E-state index contributed by atoms with van der Waals surface area (Å²) >= 11 is 0. The molecule has 1 aliphatic heterocycles. The van der Waals surface area contributed by atoms with Crippen molar-refractivity contribution in [1.82, 2.24) is 29.6 Å². The SMILES string of the molecule is Cc1cc(C)c(C(C)(C)CC(=O)NS(=O)(=O)OC[C@H]2O[C@@H](n3cnc4c(N)ncnc43)[C@H](O)[C@@H]2O)c(OC(=O)N[C@@H](CCC(=O)O)OC=O)c1. The van der Waals surface area contributed by atoms with Gasteiger partial charge in [0.1, 0.15) is 35.9 Å². The van der Waals surface area contributed by atoms with E-state index in [-0.39, 0.29) is 35.6 Å². The fraction of sp³-hybridized carbons (Fsp3) is 0.483. The molecule has 1 fully saturated rings. The van der Waals surface area contributed by atoms with Crippen molar-refractivity contribution >= 4 is 51.7 Å². The number of carboxylic acids is 1. The first kappa shape index (κ1) is 37.9. The number of carboxylic acid groups (broad SMARTS) is 1. The Kier molecular flexibility index (Phi) is 11.6. The molecule has 0 unspecified atom stereocenters. The highest BCUT2D eigenvalue weighted by Crippen LogP contribution is 2.38. The zero-order valence-electron chi connectivity index (χ0n) is 27.3. The van der Waals surface area contributed by atoms with Crippen LogP contribution in [0.25, 0.3) is 11.2 Å². The predicted octanol–water partition coefficient (Wildman–Crippen LogP) is -0.158. The average Bonchev–Trinajstić information content (AvgIpc) is 3.54. The summed E-state index contributed by atoms with van der Waals surface area (Å²) in [6.45, 7) is 5.90. The van der Waals surface area contributed by atoms with Crippen LogP contribution in [0.4, 0.5) is 10.6 Å². The molecule has 21 heteroatoms. The van der Waals surface area contributed by atoms with Crippen LogP contribution in [0.15, 0.2) is 24.8 Å². The highest BCUT2D eigenvalue weighted by atomic mass is 32.2. The van der Waals surface area contributed by atoms with E-state index in [4.69, 9.17) is 29.2 Å². The summed E-state index contributed by atoms with van der Waals surface area (Å²) in [4.78, 5) is 59.5. The molecule has 2 aromatic heterocycles. The summed E-state index contributed by atoms with van der Waals surface area (Å²) in [5, 5.41) is 32.3. The van der Waals surface area contributed by atoms with E-state index in [2.05, 4.69) is 20.3 Å². The summed E-state index contributed by atoms with van der Waals surface area (Å²) in [5.41, 5.74) is 6.70. The van der Waals surface area contributed by atoms with E-state index in [0.717, 1.165) is 0 Å². The second-order valence-electron chi connectivity index (χ2n) is 12.1. The molecule has 1 aliphatic rings. The van der Waals surface area contributed by atoms with Gasteiger partial charge in [-0.15, -0.1) is 0 Å². The van der Waals surface area contributed by atoms with Gasteiger partial charge >= 0.3 is 22.4 Å². The molecule has 0 aliphatic carbocycles. The van der Waals surface area contributed by atoms with Crippen LogP contribution in [0.3, 0.4) is 0 Å². The first-order valence-electron chi connectivity index (χ1n) is 15.0. The Morgan fingerprint density at radius 2 is 1.88 bits per heavy atom. The Bertz CT molecular complexity index is 1870. The lowest BCUT2D eigenvalue weighted by molar-refractivity contribution is -0.141. The van der Waals surface area contributed by atoms with Crippen molar-refractivity contribution in [2.75, 3.05) is 12.3 Å². The maximum absolute atomic E-state index is 13.0. The highest BCUT2D eigenvalue weighted by molar-refractivity contribution is 7.85. The van der Waals surface area contributed by atoms with Gasteiger partial charge in [-0.3, -0.25) is 28.5 Å². The summed E-state index contributed by atoms with van der Waals surface area (Å²) in [7, 11) is -4.76. The molecule has 0 bridgehead atoms. The molecule has 2 amide bonds. The molecule has 20 nitrogen and oxygen atoms in total. The minimum Gasteiger partial charge on any atom is -0.481 e. The maximum atomic E-state index is 13.0. The number of aliphatic hydroxyl groups is 2. The molecule has 0 saturated carbocycles. The van der Waals surface area contributed by atoms with E-state index in [9.17, 15) is 37.8 Å². The first-order chi connectivity index (χ1) is 23.4. The van der Waals surface area contributed by atoms with Crippen molar-refractivity contribution in [3.05, 3.63) is 41.5 Å². The second-order valence-corrected chi connectivity index (χ2v) is 13.4. The number of imidazole rings is 1. The molecule has 7 N–H and O–H groups in total. The van der Waals surface area contributed by atoms with Gasteiger partial charge in [0.25, 0.3) is 6.47 Å². The number of ether oxygens (including phenoxy) is 3. The summed E-state index contributed by atoms with van der Waals surface area (Å²) in [5.74, 6) is -2.09. The maximum Gasteiger partial charge on any atom is 0.415 e. The Morgan fingerprint density at radius 1 is 1.16 bits per heavy atom. The van der Waals surface area contributed by atoms with Crippen molar-refractivity contribution in [2.45, 2.75) is 83.1 Å². The van der Waals surface area contributed by atoms with E-state index in [1.807, 2.05) is 0 Å². The van der Waals surface area contributed by atoms with Gasteiger partial charge in [-0.1, -0.05) is 19.9 Å². The number of carbonyl (C=O) groups is 4. The van der Waals surface area contributed by atoms with Crippen LogP contribution >= 0.6 is 0 Å². The van der Waals surface area contributed by atoms with Crippen LogP contribution in [0.1, 0.15) is 56.0 Å². The van der Waals surface area contributed by atoms with Gasteiger partial charge in [0.15, 0.2) is 23.9 Å². The number of nitrogens with one attached hydrogen (secondary N) is 2. The Hall–Kier alpha value is -4.96. The van der Waals surface area contributed by atoms with Crippen LogP contribution in [-0.2, 0) is 43.8 Å². The van der Waals surface area contributed by atoms with Gasteiger partial charge in [0.2, 0.25) is 5.91 Å². The first-order valence-corrected chi connectivity index (χ1v) is 16.4. The number of amides is 2. The van der Waals surface area contributed by atoms with Crippen molar-refractivity contribution in [1.29, 1.82) is 0 Å². The molecule has 0 spiro atoms. The number of nitrogen functional groups attached to an aromatic ring is 1. The monoisotopic (exact) mass is 723 g/mol. The van der Waals surface area contributed by atoms with Crippen LogP contribution in [-0.4, -0.2) is 98.8 Å². The Balaban J connectivity index is 1.40. The molecule has 1 aromatic carbocycles. The van der Waals surface area contributed by atoms with Gasteiger partial charge < -0.3 is 35.3 Å². The van der Waals surface area contributed by atoms with Crippen LogP contribution in [0.5, 0.6) is 5.75 Å². The molecule has 0 radical (unpaired) electrons. The highest BCUT2D eigenvalue weighted by Gasteiger charge is 2.45. The summed E-state index contributed by atoms with van der Waals surface area (Å²) in [6, 6.07) is 3.27. The van der Waals surface area contributed by atoms with Gasteiger partial charge in [-0.25, -0.2) is 24.5 Å². The minimum atomic E-state index is -4.76. The fourth-order valence-corrected chi connectivity index (χ4v) is 6.36. The molecule has 4 rings (SSSR count). The van der Waals surface area contributed by atoms with E-state index in [1.54, 1.807) is 38.5 Å². The van der Waals surface area contributed by atoms with Crippen molar-refractivity contribution in [3.63, 3.8) is 0 Å². The predicted molar refractivity (Wildman–Crippen MR) is 169 cm³/mol. The molecular weight excluding hydrogens is 686 g/mol. The lowest BCUT2D eigenvalue weighted by atomic mass is 9.78. The Labute approximate surface area is 285 Å². The number of aryl methyl sites for hydroxylation is 2. The van der Waals surface area contributed by atoms with Crippen molar-refractivity contribution in [3.8, 4) is 5.75 Å². The fourth-order valence-electron chi connectivity index (χ4n) is 5.64. The van der Waals surface area contributed by atoms with Gasteiger partial charge in [0, 0.05) is 23.8 Å². The number of nitrogens with zero attached hydrogens (tertiary/aromatic N) is 4. The molecule has 1 saturated heterocycles. The van der Waals surface area contributed by atoms with Crippen LogP contribution < -0.4 is 20.5 Å². The smallest absolute Gasteiger partial charge is 0.415 e. The summed E-state index contributed by atoms with van der Waals surface area (Å²) < 4.78 is 49.4. The minimum absolute atomic E-state index is 0.0142. The number of benzene rings is 1. The third-order valence-corrected chi connectivity index (χ3v) is 8.59. The number of hydrogen-bond acceptors (Lipinski definition) is 16. The molecule has 5 atom stereocenters. The molecule has 3 heterocycles. The molecule has 50 heavy (non-hydrogen) atoms. The number of fused-ring (bicyclic) bond motifs is 1. The Morgan fingerprint density at radius 3 is 2.56 bits per heavy atom. The van der Waals surface area contributed by atoms with Gasteiger partial charge in [0.05, 0.1) is 19.4 Å². The van der Waals surface area contributed by atoms with E-state index in [1.165, 1.54) is 23.3 Å². The lowest BCUT2D eigenvalue weighted by Crippen LogP contribution is -2.40. The third-order valence-electron chi connectivity index (χ3n) is 7.67. The largest absolute Gasteiger partial charge is 0.481 e. The number of aliphatic hydroxyl groups excluding tert-OH is 2. The number of aliphatic carboxylic acids is 1. The zero-order valence-corrected chi connectivity index (χ0v) is 28.1. The normalized spacial score (nSPS) is 19.9. The van der Waals surface area contributed by atoms with Crippen molar-refractivity contribution < 1.29 is 61.3 Å². The number of aromatic nitrogens is 4. The number of hydrogen-bond donors (Lipinski definition) is 6. The number of carbonyl (C=O) groups excluding carboxylic acids is 3. The quantitative estimate of drug-likeness (QED) is 0.0877. The second kappa shape index (κ2) is 15.3. The summed E-state index contributed by atoms with van der Waals surface area (Å²) in [6.07, 6.45) is -6.75. The molecule has 272 valence electrons. The van der Waals surface area contributed by atoms with Crippen molar-refractivity contribution in [2.24, 2.45) is 0 Å². The lowest BCUT2D eigenvalue weighted by Gasteiger charge is -2.29. The number of nitrogens with two attached hydrogens (primary N) is 1. The molecule has 3 aromatic rings. The van der Waals surface area contributed by atoms with E-state index in [0.29, 0.717) is 16.7 Å². The van der Waals surface area contributed by atoms with Crippen LogP contribution in [0.2, 0.25) is 0 Å². The van der Waals surface area contributed by atoms with E-state index < -0.39 is 83.9 Å². The third kappa shape index (κ3) is 8.98. The number of rotatable bonds is 15. The van der Waals surface area contributed by atoms with Crippen LogP contribution in [0, 0.1) is 13.8 Å². The molecular formula is C29H37N7O13S. The van der Waals surface area contributed by atoms with Gasteiger partial charge in [-0.2, -0.15) is 8.42 Å². The zero-order chi connectivity index (χ0) is 37.0.